The molecule has 2 N–H and O–H groups in total. The minimum Gasteiger partial charge on any atom is -0.480 e. The van der Waals surface area contributed by atoms with Crippen LogP contribution in [-0.4, -0.2) is 23.2 Å². The first kappa shape index (κ1) is 14.5. The van der Waals surface area contributed by atoms with Crippen LogP contribution in [0.3, 0.4) is 0 Å². The van der Waals surface area contributed by atoms with Crippen molar-refractivity contribution in [1.82, 2.24) is 5.32 Å². The highest BCUT2D eigenvalue weighted by Gasteiger charge is 2.42. The molecular formula is C14H27NO2. The zero-order valence-corrected chi connectivity index (χ0v) is 11.5. The van der Waals surface area contributed by atoms with E-state index in [2.05, 4.69) is 26.1 Å². The minimum absolute atomic E-state index is 0.573. The third-order valence-electron chi connectivity index (χ3n) is 3.78. The van der Waals surface area contributed by atoms with Gasteiger partial charge in [-0.2, -0.15) is 0 Å². The van der Waals surface area contributed by atoms with Gasteiger partial charge in [0.2, 0.25) is 0 Å². The Bertz CT molecular complexity index is 253. The van der Waals surface area contributed by atoms with E-state index in [0.29, 0.717) is 11.8 Å². The molecule has 0 saturated heterocycles. The summed E-state index contributed by atoms with van der Waals surface area (Å²) in [5.41, 5.74) is -0.645. The predicted octanol–water partition coefficient (Wildman–Crippen LogP) is 3.05. The van der Waals surface area contributed by atoms with Crippen molar-refractivity contribution in [2.45, 2.75) is 64.8 Å². The zero-order valence-electron chi connectivity index (χ0n) is 11.5. The van der Waals surface area contributed by atoms with Gasteiger partial charge in [0.05, 0.1) is 0 Å². The highest BCUT2D eigenvalue weighted by atomic mass is 16.4. The molecule has 3 heteroatoms. The molecule has 0 amide bonds. The Kier molecular flexibility index (Phi) is 5.44. The second-order valence-corrected chi connectivity index (χ2v) is 5.91. The number of carboxylic acids is 1. The number of aliphatic carboxylic acids is 1. The van der Waals surface area contributed by atoms with Crippen LogP contribution in [0.1, 0.15) is 59.3 Å². The lowest BCUT2D eigenvalue weighted by atomic mass is 9.73. The van der Waals surface area contributed by atoms with E-state index in [-0.39, 0.29) is 0 Å². The fraction of sp³-hybridized carbons (Fsp3) is 0.929. The molecule has 1 aliphatic carbocycles. The molecule has 0 spiro atoms. The molecule has 2 unspecified atom stereocenters. The quantitative estimate of drug-likeness (QED) is 0.751. The number of rotatable bonds is 6. The van der Waals surface area contributed by atoms with Crippen molar-refractivity contribution in [3.63, 3.8) is 0 Å². The molecule has 1 aliphatic rings. The van der Waals surface area contributed by atoms with Crippen molar-refractivity contribution in [2.75, 3.05) is 6.54 Å². The normalized spacial score (nSPS) is 29.5. The van der Waals surface area contributed by atoms with E-state index in [1.807, 2.05) is 0 Å². The van der Waals surface area contributed by atoms with Crippen LogP contribution in [0.4, 0.5) is 0 Å². The summed E-state index contributed by atoms with van der Waals surface area (Å²) in [6, 6.07) is 0. The highest BCUT2D eigenvalue weighted by Crippen LogP contribution is 2.36. The Morgan fingerprint density at radius 1 is 1.53 bits per heavy atom. The van der Waals surface area contributed by atoms with E-state index in [1.54, 1.807) is 0 Å². The lowest BCUT2D eigenvalue weighted by molar-refractivity contribution is -0.147. The van der Waals surface area contributed by atoms with Crippen LogP contribution in [-0.2, 0) is 4.79 Å². The zero-order chi connectivity index (χ0) is 12.9. The van der Waals surface area contributed by atoms with Crippen molar-refractivity contribution in [2.24, 2.45) is 11.8 Å². The Morgan fingerprint density at radius 3 is 2.76 bits per heavy atom. The lowest BCUT2D eigenvalue weighted by Gasteiger charge is -2.39. The van der Waals surface area contributed by atoms with Gasteiger partial charge < -0.3 is 10.4 Å². The van der Waals surface area contributed by atoms with Crippen LogP contribution in [0.25, 0.3) is 0 Å². The van der Waals surface area contributed by atoms with Gasteiger partial charge in [0.15, 0.2) is 0 Å². The average molecular weight is 241 g/mol. The maximum atomic E-state index is 11.6. The number of carboxylic acid groups (broad SMARTS) is 1. The molecule has 2 atom stereocenters. The molecular weight excluding hydrogens is 214 g/mol. The maximum Gasteiger partial charge on any atom is 0.323 e. The number of hydrogen-bond acceptors (Lipinski definition) is 2. The van der Waals surface area contributed by atoms with Gasteiger partial charge in [0, 0.05) is 0 Å². The Morgan fingerprint density at radius 2 is 2.24 bits per heavy atom. The molecule has 1 rings (SSSR count). The molecule has 1 saturated carbocycles. The smallest absolute Gasteiger partial charge is 0.323 e. The van der Waals surface area contributed by atoms with Gasteiger partial charge in [-0.1, -0.05) is 33.6 Å². The Labute approximate surface area is 105 Å². The highest BCUT2D eigenvalue weighted by molar-refractivity contribution is 5.79. The second-order valence-electron chi connectivity index (χ2n) is 5.91. The predicted molar refractivity (Wildman–Crippen MR) is 70.1 cm³/mol. The van der Waals surface area contributed by atoms with Gasteiger partial charge >= 0.3 is 5.97 Å². The molecule has 0 aliphatic heterocycles. The number of hydrogen-bond donors (Lipinski definition) is 2. The molecule has 1 fully saturated rings. The summed E-state index contributed by atoms with van der Waals surface area (Å²) in [6.07, 6.45) is 5.98. The molecule has 3 nitrogen and oxygen atoms in total. The number of carbonyl (C=O) groups is 1. The molecule has 0 aromatic rings. The van der Waals surface area contributed by atoms with Gasteiger partial charge in [0.25, 0.3) is 0 Å². The molecule has 0 radical (unpaired) electrons. The summed E-state index contributed by atoms with van der Waals surface area (Å²) in [7, 11) is 0. The van der Waals surface area contributed by atoms with Crippen LogP contribution in [0.15, 0.2) is 0 Å². The SMILES string of the molecule is CCCNC1(C(=O)O)CCCC(CC(C)C)C1. The van der Waals surface area contributed by atoms with E-state index in [1.165, 1.54) is 6.42 Å². The number of nitrogens with one attached hydrogen (secondary N) is 1. The molecule has 0 aromatic heterocycles. The van der Waals surface area contributed by atoms with Gasteiger partial charge in [-0.05, 0) is 44.1 Å². The third-order valence-corrected chi connectivity index (χ3v) is 3.78. The van der Waals surface area contributed by atoms with Gasteiger partial charge in [0.1, 0.15) is 5.54 Å². The monoisotopic (exact) mass is 241 g/mol. The third kappa shape index (κ3) is 3.98. The molecule has 0 heterocycles. The summed E-state index contributed by atoms with van der Waals surface area (Å²) < 4.78 is 0. The van der Waals surface area contributed by atoms with Crippen LogP contribution in [0.5, 0.6) is 0 Å². The fourth-order valence-electron chi connectivity index (χ4n) is 3.05. The fourth-order valence-corrected chi connectivity index (χ4v) is 3.05. The van der Waals surface area contributed by atoms with E-state index < -0.39 is 11.5 Å². The van der Waals surface area contributed by atoms with E-state index in [4.69, 9.17) is 0 Å². The average Bonchev–Trinajstić information content (AvgIpc) is 2.25. The molecule has 0 aromatic carbocycles. The van der Waals surface area contributed by atoms with Gasteiger partial charge in [-0.25, -0.2) is 0 Å². The summed E-state index contributed by atoms with van der Waals surface area (Å²) >= 11 is 0. The summed E-state index contributed by atoms with van der Waals surface area (Å²) in [4.78, 5) is 11.6. The van der Waals surface area contributed by atoms with E-state index in [0.717, 1.165) is 38.6 Å². The van der Waals surface area contributed by atoms with Crippen molar-refractivity contribution in [3.8, 4) is 0 Å². The minimum atomic E-state index is -0.653. The Hall–Kier alpha value is -0.570. The molecule has 100 valence electrons. The first-order valence-electron chi connectivity index (χ1n) is 6.98. The lowest BCUT2D eigenvalue weighted by Crippen LogP contribution is -2.55. The summed E-state index contributed by atoms with van der Waals surface area (Å²) in [5, 5.41) is 12.8. The Balaban J connectivity index is 2.66. The summed E-state index contributed by atoms with van der Waals surface area (Å²) in [6.45, 7) is 7.32. The van der Waals surface area contributed by atoms with E-state index in [9.17, 15) is 9.90 Å². The topological polar surface area (TPSA) is 49.3 Å². The van der Waals surface area contributed by atoms with Crippen molar-refractivity contribution in [3.05, 3.63) is 0 Å². The molecule has 17 heavy (non-hydrogen) atoms. The van der Waals surface area contributed by atoms with Crippen LogP contribution < -0.4 is 5.32 Å². The van der Waals surface area contributed by atoms with Crippen molar-refractivity contribution in [1.29, 1.82) is 0 Å². The first-order valence-corrected chi connectivity index (χ1v) is 6.98. The first-order chi connectivity index (χ1) is 8.00. The van der Waals surface area contributed by atoms with Crippen LogP contribution in [0.2, 0.25) is 0 Å². The second kappa shape index (κ2) is 6.39. The standard InChI is InChI=1S/C14H27NO2/c1-4-8-15-14(13(16)17)7-5-6-12(10-14)9-11(2)3/h11-12,15H,4-10H2,1-3H3,(H,16,17). The molecule has 0 bridgehead atoms. The largest absolute Gasteiger partial charge is 0.480 e. The van der Waals surface area contributed by atoms with Crippen molar-refractivity contribution < 1.29 is 9.90 Å². The van der Waals surface area contributed by atoms with Crippen LogP contribution in [0, 0.1) is 11.8 Å². The van der Waals surface area contributed by atoms with E-state index >= 15 is 0 Å². The summed E-state index contributed by atoms with van der Waals surface area (Å²) in [5.74, 6) is 0.583. The van der Waals surface area contributed by atoms with Gasteiger partial charge in [-0.3, -0.25) is 4.79 Å². The van der Waals surface area contributed by atoms with Crippen molar-refractivity contribution >= 4 is 5.97 Å². The maximum absolute atomic E-state index is 11.6. The van der Waals surface area contributed by atoms with Crippen LogP contribution >= 0.6 is 0 Å². The van der Waals surface area contributed by atoms with Gasteiger partial charge in [-0.15, -0.1) is 0 Å².